The van der Waals surface area contributed by atoms with Crippen LogP contribution in [0.5, 0.6) is 0 Å². The Morgan fingerprint density at radius 2 is 1.67 bits per heavy atom. The maximum absolute atomic E-state index is 12.0. The summed E-state index contributed by atoms with van der Waals surface area (Å²) in [6.45, 7) is 4.10. The molecule has 0 saturated carbocycles. The normalized spacial score (nSPS) is 10.3. The molecular formula is C19H21BrN2O2. The summed E-state index contributed by atoms with van der Waals surface area (Å²) in [7, 11) is 0. The average Bonchev–Trinajstić information content (AvgIpc) is 2.56. The first-order valence-electron chi connectivity index (χ1n) is 7.97. The summed E-state index contributed by atoms with van der Waals surface area (Å²) < 4.78 is 0.740. The lowest BCUT2D eigenvalue weighted by Gasteiger charge is -2.09. The summed E-state index contributed by atoms with van der Waals surface area (Å²) in [5.41, 5.74) is 3.46. The van der Waals surface area contributed by atoms with Crippen molar-refractivity contribution < 1.29 is 9.59 Å². The van der Waals surface area contributed by atoms with E-state index in [0.717, 1.165) is 29.3 Å². The molecule has 126 valence electrons. The van der Waals surface area contributed by atoms with Crippen LogP contribution in [-0.2, 0) is 16.0 Å². The third-order valence-corrected chi connectivity index (χ3v) is 4.27. The van der Waals surface area contributed by atoms with Crippen molar-refractivity contribution in [2.24, 2.45) is 0 Å². The highest BCUT2D eigenvalue weighted by atomic mass is 79.9. The second-order valence-electron chi connectivity index (χ2n) is 5.69. The molecule has 0 unspecified atom stereocenters. The zero-order valence-electron chi connectivity index (χ0n) is 13.9. The summed E-state index contributed by atoms with van der Waals surface area (Å²) in [5, 5.41) is 5.21. The van der Waals surface area contributed by atoms with E-state index >= 15 is 0 Å². The molecule has 2 aromatic rings. The third-order valence-electron chi connectivity index (χ3n) is 3.61. The van der Waals surface area contributed by atoms with Crippen molar-refractivity contribution in [3.05, 3.63) is 58.1 Å². The zero-order valence-corrected chi connectivity index (χ0v) is 15.4. The molecule has 5 heteroatoms. The molecule has 0 radical (unpaired) electrons. The Hall–Kier alpha value is -2.14. The van der Waals surface area contributed by atoms with E-state index in [1.807, 2.05) is 43.3 Å². The maximum atomic E-state index is 12.0. The van der Waals surface area contributed by atoms with Gasteiger partial charge in [0.15, 0.2) is 0 Å². The van der Waals surface area contributed by atoms with Gasteiger partial charge in [-0.15, -0.1) is 0 Å². The summed E-state index contributed by atoms with van der Waals surface area (Å²) >= 11 is 3.37. The first-order valence-corrected chi connectivity index (χ1v) is 8.76. The standard InChI is InChI=1S/C19H21BrN2O2/c1-3-4-5-14-7-9-15(10-8-14)21-18(23)19(24)22-17-11-6-13(2)12-16(17)20/h6-12H,3-5H2,1-2H3,(H,21,23)(H,22,24). The van der Waals surface area contributed by atoms with Gasteiger partial charge in [0.2, 0.25) is 0 Å². The van der Waals surface area contributed by atoms with E-state index in [4.69, 9.17) is 0 Å². The van der Waals surface area contributed by atoms with Crippen LogP contribution < -0.4 is 10.6 Å². The number of amides is 2. The van der Waals surface area contributed by atoms with Gasteiger partial charge in [0.25, 0.3) is 0 Å². The molecular weight excluding hydrogens is 368 g/mol. The van der Waals surface area contributed by atoms with Crippen LogP contribution in [0.3, 0.4) is 0 Å². The molecule has 0 aromatic heterocycles. The van der Waals surface area contributed by atoms with Gasteiger partial charge >= 0.3 is 11.8 Å². The van der Waals surface area contributed by atoms with Crippen LogP contribution >= 0.6 is 15.9 Å². The number of halogens is 1. The molecule has 0 aliphatic heterocycles. The third kappa shape index (κ3) is 5.20. The van der Waals surface area contributed by atoms with Crippen molar-refractivity contribution in [2.75, 3.05) is 10.6 Å². The number of anilines is 2. The summed E-state index contributed by atoms with van der Waals surface area (Å²) in [4.78, 5) is 24.0. The van der Waals surface area contributed by atoms with Gasteiger partial charge in [0.05, 0.1) is 5.69 Å². The lowest BCUT2D eigenvalue weighted by molar-refractivity contribution is -0.133. The van der Waals surface area contributed by atoms with Crippen LogP contribution in [0.15, 0.2) is 46.9 Å². The van der Waals surface area contributed by atoms with Crippen molar-refractivity contribution in [3.8, 4) is 0 Å². The fourth-order valence-corrected chi connectivity index (χ4v) is 2.82. The number of aryl methyl sites for hydroxylation is 2. The quantitative estimate of drug-likeness (QED) is 0.730. The fourth-order valence-electron chi connectivity index (χ4n) is 2.22. The van der Waals surface area contributed by atoms with E-state index < -0.39 is 11.8 Å². The number of carbonyl (C=O) groups excluding carboxylic acids is 2. The SMILES string of the molecule is CCCCc1ccc(NC(=O)C(=O)Nc2ccc(C)cc2Br)cc1. The van der Waals surface area contributed by atoms with Crippen LogP contribution in [0.1, 0.15) is 30.9 Å². The lowest BCUT2D eigenvalue weighted by atomic mass is 10.1. The molecule has 2 aromatic carbocycles. The van der Waals surface area contributed by atoms with Gasteiger partial charge in [-0.25, -0.2) is 0 Å². The summed E-state index contributed by atoms with van der Waals surface area (Å²) in [6, 6.07) is 13.1. The molecule has 0 aliphatic carbocycles. The largest absolute Gasteiger partial charge is 0.318 e. The minimum atomic E-state index is -0.699. The molecule has 2 N–H and O–H groups in total. The second-order valence-corrected chi connectivity index (χ2v) is 6.55. The molecule has 0 atom stereocenters. The van der Waals surface area contributed by atoms with Crippen LogP contribution in [0.25, 0.3) is 0 Å². The van der Waals surface area contributed by atoms with Gasteiger partial charge in [-0.05, 0) is 71.1 Å². The molecule has 0 bridgehead atoms. The molecule has 4 nitrogen and oxygen atoms in total. The van der Waals surface area contributed by atoms with Crippen molar-refractivity contribution >= 4 is 39.1 Å². The minimum Gasteiger partial charge on any atom is -0.318 e. The molecule has 2 rings (SSSR count). The van der Waals surface area contributed by atoms with E-state index in [1.165, 1.54) is 5.56 Å². The van der Waals surface area contributed by atoms with Crippen molar-refractivity contribution in [2.45, 2.75) is 33.1 Å². The lowest BCUT2D eigenvalue weighted by Crippen LogP contribution is -2.29. The van der Waals surface area contributed by atoms with Gasteiger partial charge in [0.1, 0.15) is 0 Å². The van der Waals surface area contributed by atoms with Gasteiger partial charge in [-0.2, -0.15) is 0 Å². The van der Waals surface area contributed by atoms with Crippen LogP contribution in [0, 0.1) is 6.92 Å². The topological polar surface area (TPSA) is 58.2 Å². The maximum Gasteiger partial charge on any atom is 0.314 e. The van der Waals surface area contributed by atoms with E-state index in [-0.39, 0.29) is 0 Å². The minimum absolute atomic E-state index is 0.565. The highest BCUT2D eigenvalue weighted by molar-refractivity contribution is 9.10. The van der Waals surface area contributed by atoms with E-state index in [9.17, 15) is 9.59 Å². The Morgan fingerprint density at radius 3 is 2.29 bits per heavy atom. The summed E-state index contributed by atoms with van der Waals surface area (Å²) in [6.07, 6.45) is 3.30. The van der Waals surface area contributed by atoms with Crippen molar-refractivity contribution in [3.63, 3.8) is 0 Å². The van der Waals surface area contributed by atoms with Crippen LogP contribution in [0.2, 0.25) is 0 Å². The number of benzene rings is 2. The van der Waals surface area contributed by atoms with Gasteiger partial charge in [-0.3, -0.25) is 9.59 Å². The smallest absolute Gasteiger partial charge is 0.314 e. The van der Waals surface area contributed by atoms with E-state index in [0.29, 0.717) is 11.4 Å². The number of hydrogen-bond donors (Lipinski definition) is 2. The number of unbranched alkanes of at least 4 members (excludes halogenated alkanes) is 1. The average molecular weight is 389 g/mol. The Kier molecular flexibility index (Phi) is 6.55. The highest BCUT2D eigenvalue weighted by Gasteiger charge is 2.15. The second kappa shape index (κ2) is 8.64. The number of hydrogen-bond acceptors (Lipinski definition) is 2. The predicted molar refractivity (Wildman–Crippen MR) is 101 cm³/mol. The van der Waals surface area contributed by atoms with E-state index in [2.05, 4.69) is 33.5 Å². The highest BCUT2D eigenvalue weighted by Crippen LogP contribution is 2.23. The molecule has 0 fully saturated rings. The fraction of sp³-hybridized carbons (Fsp3) is 0.263. The summed E-state index contributed by atoms with van der Waals surface area (Å²) in [5.74, 6) is -1.39. The Bertz CT molecular complexity index is 727. The van der Waals surface area contributed by atoms with Gasteiger partial charge < -0.3 is 10.6 Å². The molecule has 0 heterocycles. The first kappa shape index (κ1) is 18.2. The molecule has 0 spiro atoms. The Labute approximate surface area is 150 Å². The van der Waals surface area contributed by atoms with Crippen molar-refractivity contribution in [1.29, 1.82) is 0 Å². The van der Waals surface area contributed by atoms with Crippen LogP contribution in [0.4, 0.5) is 11.4 Å². The molecule has 0 aliphatic rings. The molecule has 0 saturated heterocycles. The van der Waals surface area contributed by atoms with Gasteiger partial charge in [-0.1, -0.05) is 31.5 Å². The number of rotatable bonds is 5. The Morgan fingerprint density at radius 1 is 1.00 bits per heavy atom. The number of carbonyl (C=O) groups is 2. The van der Waals surface area contributed by atoms with Crippen LogP contribution in [-0.4, -0.2) is 11.8 Å². The van der Waals surface area contributed by atoms with Crippen molar-refractivity contribution in [1.82, 2.24) is 0 Å². The zero-order chi connectivity index (χ0) is 17.5. The Balaban J connectivity index is 1.94. The first-order chi connectivity index (χ1) is 11.5. The monoisotopic (exact) mass is 388 g/mol. The molecule has 2 amide bonds. The van der Waals surface area contributed by atoms with Gasteiger partial charge in [0, 0.05) is 10.2 Å². The van der Waals surface area contributed by atoms with E-state index in [1.54, 1.807) is 6.07 Å². The number of nitrogens with one attached hydrogen (secondary N) is 2. The molecule has 24 heavy (non-hydrogen) atoms. The predicted octanol–water partition coefficient (Wildman–Crippen LogP) is 4.68.